The van der Waals surface area contributed by atoms with Crippen LogP contribution >= 0.6 is 11.3 Å². The summed E-state index contributed by atoms with van der Waals surface area (Å²) in [6.07, 6.45) is 0. The van der Waals surface area contributed by atoms with E-state index < -0.39 is 0 Å². The zero-order valence-corrected chi connectivity index (χ0v) is 6.02. The van der Waals surface area contributed by atoms with Crippen LogP contribution in [0.3, 0.4) is 0 Å². The summed E-state index contributed by atoms with van der Waals surface area (Å²) in [5, 5.41) is 14.9. The van der Waals surface area contributed by atoms with Crippen molar-refractivity contribution in [1.82, 2.24) is 0 Å². The highest BCUT2D eigenvalue weighted by Crippen LogP contribution is 2.31. The molecule has 10 heavy (non-hydrogen) atoms. The third-order valence-corrected chi connectivity index (χ3v) is 2.28. The van der Waals surface area contributed by atoms with Gasteiger partial charge in [0.25, 0.3) is 0 Å². The van der Waals surface area contributed by atoms with Gasteiger partial charge in [-0.3, -0.25) is 5.11 Å². The van der Waals surface area contributed by atoms with Gasteiger partial charge in [0.2, 0.25) is 5.06 Å². The lowest BCUT2D eigenvalue weighted by Gasteiger charge is -1.83. The first-order valence-corrected chi connectivity index (χ1v) is 3.89. The van der Waals surface area contributed by atoms with Crippen molar-refractivity contribution < 1.29 is 5.11 Å². The number of hydrogen-bond acceptors (Lipinski definition) is 1. The van der Waals surface area contributed by atoms with E-state index in [9.17, 15) is 5.11 Å². The number of benzene rings is 1. The topological polar surface area (TPSA) is 19.9 Å². The van der Waals surface area contributed by atoms with E-state index in [0.717, 1.165) is 10.8 Å². The van der Waals surface area contributed by atoms with Gasteiger partial charge in [-0.05, 0) is 11.5 Å². The van der Waals surface area contributed by atoms with E-state index in [4.69, 9.17) is 0 Å². The zero-order chi connectivity index (χ0) is 6.97. The minimum atomic E-state index is 0.163. The number of hydrogen-bond donors (Lipinski definition) is 0. The van der Waals surface area contributed by atoms with Gasteiger partial charge in [-0.1, -0.05) is 18.2 Å². The molecule has 0 amide bonds. The molecule has 1 nitrogen and oxygen atoms in total. The highest BCUT2D eigenvalue weighted by Gasteiger charge is 2.00. The van der Waals surface area contributed by atoms with Crippen molar-refractivity contribution in [3.05, 3.63) is 29.6 Å². The maximum absolute atomic E-state index is 11.0. The van der Waals surface area contributed by atoms with Crippen LogP contribution in [0, 0.1) is 0 Å². The van der Waals surface area contributed by atoms with Gasteiger partial charge in [-0.2, -0.15) is 0 Å². The Kier molecular flexibility index (Phi) is 1.14. The first-order chi connectivity index (χ1) is 4.88. The molecule has 0 aliphatic heterocycles. The molecule has 0 saturated heterocycles. The van der Waals surface area contributed by atoms with E-state index in [1.54, 1.807) is 0 Å². The van der Waals surface area contributed by atoms with Gasteiger partial charge in [0.1, 0.15) is 0 Å². The molecule has 0 atom stereocenters. The number of fused-ring (bicyclic) bond motifs is 1. The molecule has 1 aromatic heterocycles. The fourth-order valence-electron chi connectivity index (χ4n) is 0.966. The largest absolute Gasteiger partial charge is 0.277 e. The van der Waals surface area contributed by atoms with Crippen LogP contribution in [0.5, 0.6) is 5.06 Å². The molecule has 0 saturated carbocycles. The second kappa shape index (κ2) is 1.99. The van der Waals surface area contributed by atoms with Crippen molar-refractivity contribution in [3.63, 3.8) is 0 Å². The molecule has 2 rings (SSSR count). The van der Waals surface area contributed by atoms with E-state index in [1.807, 2.05) is 29.6 Å². The quantitative estimate of drug-likeness (QED) is 0.548. The van der Waals surface area contributed by atoms with Gasteiger partial charge >= 0.3 is 0 Å². The summed E-state index contributed by atoms with van der Waals surface area (Å²) in [7, 11) is 0. The maximum atomic E-state index is 11.0. The van der Waals surface area contributed by atoms with Crippen LogP contribution in [0.15, 0.2) is 29.6 Å². The first kappa shape index (κ1) is 5.74. The number of rotatable bonds is 0. The Bertz CT molecular complexity index is 351. The van der Waals surface area contributed by atoms with Gasteiger partial charge in [-0.25, -0.2) is 0 Å². The Labute approximate surface area is 62.5 Å². The molecular formula is C8H5OS. The van der Waals surface area contributed by atoms with Crippen LogP contribution in [-0.2, 0) is 5.11 Å². The van der Waals surface area contributed by atoms with E-state index in [1.165, 1.54) is 11.3 Å². The van der Waals surface area contributed by atoms with Gasteiger partial charge in [0.15, 0.2) is 0 Å². The van der Waals surface area contributed by atoms with Crippen molar-refractivity contribution in [3.8, 4) is 5.06 Å². The Morgan fingerprint density at radius 3 is 2.80 bits per heavy atom. The van der Waals surface area contributed by atoms with Crippen molar-refractivity contribution in [2.75, 3.05) is 0 Å². The summed E-state index contributed by atoms with van der Waals surface area (Å²) in [5.74, 6) is 0. The van der Waals surface area contributed by atoms with Gasteiger partial charge in [-0.15, -0.1) is 11.3 Å². The van der Waals surface area contributed by atoms with Crippen LogP contribution in [0.4, 0.5) is 0 Å². The van der Waals surface area contributed by atoms with Gasteiger partial charge in [0, 0.05) is 10.8 Å². The molecule has 1 radical (unpaired) electrons. The average molecular weight is 149 g/mol. The molecule has 0 bridgehead atoms. The highest BCUT2D eigenvalue weighted by atomic mass is 32.1. The van der Waals surface area contributed by atoms with E-state index in [0.29, 0.717) is 0 Å². The lowest BCUT2D eigenvalue weighted by Crippen LogP contribution is -1.59. The molecular weight excluding hydrogens is 144 g/mol. The van der Waals surface area contributed by atoms with Crippen LogP contribution in [0.25, 0.3) is 10.8 Å². The van der Waals surface area contributed by atoms with E-state index >= 15 is 0 Å². The lowest BCUT2D eigenvalue weighted by molar-refractivity contribution is 0.373. The Balaban J connectivity index is 2.93. The van der Waals surface area contributed by atoms with Gasteiger partial charge < -0.3 is 0 Å². The van der Waals surface area contributed by atoms with Gasteiger partial charge in [0.05, 0.1) is 0 Å². The Hall–Kier alpha value is -1.02. The molecule has 0 N–H and O–H groups in total. The summed E-state index contributed by atoms with van der Waals surface area (Å²) < 4.78 is 0. The maximum Gasteiger partial charge on any atom is 0.240 e. The summed E-state index contributed by atoms with van der Waals surface area (Å²) in [5.41, 5.74) is 0. The summed E-state index contributed by atoms with van der Waals surface area (Å²) in [4.78, 5) is 0. The van der Waals surface area contributed by atoms with Crippen LogP contribution < -0.4 is 0 Å². The molecule has 2 aromatic rings. The van der Waals surface area contributed by atoms with E-state index in [-0.39, 0.29) is 5.06 Å². The highest BCUT2D eigenvalue weighted by molar-refractivity contribution is 7.13. The van der Waals surface area contributed by atoms with Crippen molar-refractivity contribution >= 4 is 22.1 Å². The molecule has 1 aromatic carbocycles. The standard InChI is InChI=1S/C8H5OS/c9-8-7-4-2-1-3-6(7)5-10-8/h1-5H. The fraction of sp³-hybridized carbons (Fsp3) is 0. The molecule has 0 spiro atoms. The predicted octanol–water partition coefficient (Wildman–Crippen LogP) is 3.05. The summed E-state index contributed by atoms with van der Waals surface area (Å²) in [6.45, 7) is 0. The molecule has 2 heteroatoms. The second-order valence-electron chi connectivity index (χ2n) is 2.11. The normalized spacial score (nSPS) is 10.4. The third-order valence-electron chi connectivity index (χ3n) is 1.47. The second-order valence-corrected chi connectivity index (χ2v) is 2.95. The van der Waals surface area contributed by atoms with E-state index in [2.05, 4.69) is 0 Å². The smallest absolute Gasteiger partial charge is 0.240 e. The van der Waals surface area contributed by atoms with Crippen molar-refractivity contribution in [2.24, 2.45) is 0 Å². The Morgan fingerprint density at radius 2 is 2.00 bits per heavy atom. The third kappa shape index (κ3) is 0.693. The predicted molar refractivity (Wildman–Crippen MR) is 42.0 cm³/mol. The molecule has 0 aliphatic carbocycles. The monoisotopic (exact) mass is 149 g/mol. The number of thiophene rings is 1. The molecule has 0 aliphatic rings. The fourth-order valence-corrected chi connectivity index (χ4v) is 1.72. The summed E-state index contributed by atoms with van der Waals surface area (Å²) >= 11 is 1.26. The Morgan fingerprint density at radius 1 is 1.20 bits per heavy atom. The minimum absolute atomic E-state index is 0.163. The molecule has 1 heterocycles. The summed E-state index contributed by atoms with van der Waals surface area (Å²) in [6, 6.07) is 7.63. The van der Waals surface area contributed by atoms with Crippen LogP contribution in [0.1, 0.15) is 0 Å². The SMILES string of the molecule is [O]c1scc2ccccc12. The molecule has 0 fully saturated rings. The average Bonchev–Trinajstić information content (AvgIpc) is 2.34. The van der Waals surface area contributed by atoms with Crippen LogP contribution in [-0.4, -0.2) is 0 Å². The lowest BCUT2D eigenvalue weighted by atomic mass is 10.2. The molecule has 0 unspecified atom stereocenters. The first-order valence-electron chi connectivity index (χ1n) is 3.01. The van der Waals surface area contributed by atoms with Crippen molar-refractivity contribution in [1.29, 1.82) is 0 Å². The molecule has 49 valence electrons. The minimum Gasteiger partial charge on any atom is -0.277 e. The van der Waals surface area contributed by atoms with Crippen molar-refractivity contribution in [2.45, 2.75) is 0 Å². The zero-order valence-electron chi connectivity index (χ0n) is 5.20. The van der Waals surface area contributed by atoms with Crippen LogP contribution in [0.2, 0.25) is 0 Å².